The highest BCUT2D eigenvalue weighted by molar-refractivity contribution is 7.99. The molecule has 2 aromatic carbocycles. The lowest BCUT2D eigenvalue weighted by atomic mass is 10.1. The van der Waals surface area contributed by atoms with Gasteiger partial charge in [0.2, 0.25) is 11.8 Å². The fourth-order valence-electron chi connectivity index (χ4n) is 3.22. The second-order valence-corrected chi connectivity index (χ2v) is 9.61. The normalized spacial score (nSPS) is 12.2. The number of ether oxygens (including phenoxy) is 1. The Morgan fingerprint density at radius 2 is 1.71 bits per heavy atom. The molecule has 0 fully saturated rings. The Labute approximate surface area is 190 Å². The highest BCUT2D eigenvalue weighted by Crippen LogP contribution is 2.21. The first-order valence-corrected chi connectivity index (χ1v) is 11.6. The van der Waals surface area contributed by atoms with Gasteiger partial charge in [0, 0.05) is 29.2 Å². The van der Waals surface area contributed by atoms with E-state index in [4.69, 9.17) is 4.74 Å². The predicted octanol–water partition coefficient (Wildman–Crippen LogP) is 4.90. The number of rotatable bonds is 10. The Balaban J connectivity index is 2.15. The quantitative estimate of drug-likeness (QED) is 0.532. The third kappa shape index (κ3) is 8.29. The number of carbonyl (C=O) groups is 2. The molecule has 0 saturated heterocycles. The van der Waals surface area contributed by atoms with E-state index in [1.807, 2.05) is 82.3 Å². The van der Waals surface area contributed by atoms with Crippen molar-refractivity contribution < 1.29 is 14.3 Å². The Bertz CT molecular complexity index is 832. The molecule has 0 bridgehead atoms. The Hall–Kier alpha value is -2.47. The summed E-state index contributed by atoms with van der Waals surface area (Å²) in [4.78, 5) is 29.1. The van der Waals surface area contributed by atoms with E-state index in [1.165, 1.54) is 0 Å². The summed E-state index contributed by atoms with van der Waals surface area (Å²) < 4.78 is 5.23. The number of hydrogen-bond acceptors (Lipinski definition) is 4. The number of nitrogens with one attached hydrogen (secondary N) is 1. The van der Waals surface area contributed by atoms with Crippen LogP contribution in [0.2, 0.25) is 0 Å². The monoisotopic (exact) mass is 442 g/mol. The number of thioether (sulfide) groups is 1. The van der Waals surface area contributed by atoms with Gasteiger partial charge in [0.1, 0.15) is 11.8 Å². The minimum atomic E-state index is -0.518. The smallest absolute Gasteiger partial charge is 0.243 e. The number of hydrogen-bond donors (Lipinski definition) is 1. The molecule has 0 spiro atoms. The van der Waals surface area contributed by atoms with Crippen molar-refractivity contribution in [2.45, 2.75) is 63.6 Å². The molecular formula is C25H34N2O3S. The van der Waals surface area contributed by atoms with Crippen LogP contribution in [0.5, 0.6) is 5.75 Å². The molecule has 0 aliphatic carbocycles. The van der Waals surface area contributed by atoms with Gasteiger partial charge in [0.05, 0.1) is 7.11 Å². The first kappa shape index (κ1) is 24.8. The minimum Gasteiger partial charge on any atom is -0.497 e. The summed E-state index contributed by atoms with van der Waals surface area (Å²) in [5.41, 5.74) is 0.606. The maximum absolute atomic E-state index is 13.2. The molecule has 0 aliphatic rings. The number of benzene rings is 2. The molecule has 0 heterocycles. The van der Waals surface area contributed by atoms with Gasteiger partial charge in [-0.25, -0.2) is 0 Å². The van der Waals surface area contributed by atoms with E-state index < -0.39 is 6.04 Å². The number of amides is 2. The molecule has 0 saturated carbocycles. The van der Waals surface area contributed by atoms with E-state index in [2.05, 4.69) is 5.32 Å². The number of methoxy groups -OCH3 is 1. The second-order valence-electron chi connectivity index (χ2n) is 8.44. The van der Waals surface area contributed by atoms with E-state index in [-0.39, 0.29) is 17.4 Å². The van der Waals surface area contributed by atoms with Crippen LogP contribution in [0, 0.1) is 0 Å². The maximum Gasteiger partial charge on any atom is 0.243 e. The first-order valence-electron chi connectivity index (χ1n) is 10.7. The van der Waals surface area contributed by atoms with Gasteiger partial charge >= 0.3 is 0 Å². The molecule has 31 heavy (non-hydrogen) atoms. The van der Waals surface area contributed by atoms with Gasteiger partial charge in [0.15, 0.2) is 0 Å². The molecule has 0 radical (unpaired) electrons. The van der Waals surface area contributed by atoms with Crippen molar-refractivity contribution in [2.24, 2.45) is 0 Å². The van der Waals surface area contributed by atoms with Crippen LogP contribution < -0.4 is 10.1 Å². The Morgan fingerprint density at radius 3 is 2.26 bits per heavy atom. The third-order valence-electron chi connectivity index (χ3n) is 4.72. The lowest BCUT2D eigenvalue weighted by Crippen LogP contribution is -2.53. The van der Waals surface area contributed by atoms with Crippen LogP contribution >= 0.6 is 11.8 Å². The van der Waals surface area contributed by atoms with E-state index in [1.54, 1.807) is 23.8 Å². The van der Waals surface area contributed by atoms with Crippen LogP contribution in [0.4, 0.5) is 0 Å². The lowest BCUT2D eigenvalue weighted by molar-refractivity contribution is -0.141. The average molecular weight is 443 g/mol. The summed E-state index contributed by atoms with van der Waals surface area (Å²) >= 11 is 1.65. The number of carbonyl (C=O) groups excluding carboxylic acids is 2. The highest BCUT2D eigenvalue weighted by Gasteiger charge is 2.30. The molecular weight excluding hydrogens is 408 g/mol. The molecule has 6 heteroatoms. The molecule has 0 aromatic heterocycles. The Morgan fingerprint density at radius 1 is 1.06 bits per heavy atom. The van der Waals surface area contributed by atoms with Crippen LogP contribution in [0.3, 0.4) is 0 Å². The summed E-state index contributed by atoms with van der Waals surface area (Å²) in [6, 6.07) is 17.1. The second kappa shape index (κ2) is 11.8. The van der Waals surface area contributed by atoms with Gasteiger partial charge in [0.25, 0.3) is 0 Å². The minimum absolute atomic E-state index is 0.0184. The lowest BCUT2D eigenvalue weighted by Gasteiger charge is -2.33. The van der Waals surface area contributed by atoms with E-state index >= 15 is 0 Å². The van der Waals surface area contributed by atoms with Crippen molar-refractivity contribution in [3.05, 3.63) is 60.2 Å². The van der Waals surface area contributed by atoms with Gasteiger partial charge in [-0.2, -0.15) is 0 Å². The highest BCUT2D eigenvalue weighted by atomic mass is 32.2. The van der Waals surface area contributed by atoms with Gasteiger partial charge in [-0.05, 0) is 57.0 Å². The van der Waals surface area contributed by atoms with Gasteiger partial charge in [-0.3, -0.25) is 9.59 Å². The summed E-state index contributed by atoms with van der Waals surface area (Å²) in [6.07, 6.45) is 0.921. The van der Waals surface area contributed by atoms with Crippen molar-refractivity contribution >= 4 is 23.6 Å². The molecule has 2 amide bonds. The summed E-state index contributed by atoms with van der Waals surface area (Å²) in [5.74, 6) is 1.29. The van der Waals surface area contributed by atoms with E-state index in [0.717, 1.165) is 16.2 Å². The van der Waals surface area contributed by atoms with Gasteiger partial charge < -0.3 is 15.0 Å². The summed E-state index contributed by atoms with van der Waals surface area (Å²) in [5, 5.41) is 3.03. The molecule has 2 aromatic rings. The van der Waals surface area contributed by atoms with E-state index in [9.17, 15) is 9.59 Å². The third-order valence-corrected chi connectivity index (χ3v) is 5.74. The van der Waals surface area contributed by atoms with Crippen molar-refractivity contribution in [3.63, 3.8) is 0 Å². The molecule has 0 aliphatic heterocycles. The fourth-order valence-corrected chi connectivity index (χ4v) is 4.08. The molecule has 5 nitrogen and oxygen atoms in total. The molecule has 2 rings (SSSR count). The van der Waals surface area contributed by atoms with Gasteiger partial charge in [-0.1, -0.05) is 37.3 Å². The van der Waals surface area contributed by atoms with E-state index in [0.29, 0.717) is 25.1 Å². The maximum atomic E-state index is 13.2. The summed E-state index contributed by atoms with van der Waals surface area (Å²) in [7, 11) is 1.62. The van der Waals surface area contributed by atoms with Crippen molar-refractivity contribution in [1.29, 1.82) is 0 Å². The number of nitrogens with zero attached hydrogens (tertiary/aromatic N) is 1. The van der Waals surface area contributed by atoms with Crippen molar-refractivity contribution in [2.75, 3.05) is 12.9 Å². The largest absolute Gasteiger partial charge is 0.497 e. The zero-order valence-electron chi connectivity index (χ0n) is 19.2. The summed E-state index contributed by atoms with van der Waals surface area (Å²) in [6.45, 7) is 8.17. The van der Waals surface area contributed by atoms with Crippen LogP contribution in [0.15, 0.2) is 59.5 Å². The zero-order chi connectivity index (χ0) is 22.9. The van der Waals surface area contributed by atoms with Crippen LogP contribution in [0.25, 0.3) is 0 Å². The molecule has 168 valence electrons. The topological polar surface area (TPSA) is 58.6 Å². The van der Waals surface area contributed by atoms with Crippen LogP contribution in [-0.4, -0.2) is 41.2 Å². The average Bonchev–Trinajstić information content (AvgIpc) is 2.73. The standard InChI is InChI=1S/C25H34N2O3S/c1-6-22(24(29)26-25(2,3)4)27(18-19-12-14-20(30-5)15-13-19)23(28)16-17-31-21-10-8-7-9-11-21/h7-15,22H,6,16-18H2,1-5H3,(H,26,29). The zero-order valence-corrected chi connectivity index (χ0v) is 20.0. The van der Waals surface area contributed by atoms with Gasteiger partial charge in [-0.15, -0.1) is 11.8 Å². The first-order chi connectivity index (χ1) is 14.7. The fraction of sp³-hybridized carbons (Fsp3) is 0.440. The SMILES string of the molecule is CCC(C(=O)NC(C)(C)C)N(Cc1ccc(OC)cc1)C(=O)CCSc1ccccc1. The Kier molecular flexibility index (Phi) is 9.44. The van der Waals surface area contributed by atoms with Crippen LogP contribution in [0.1, 0.15) is 46.1 Å². The molecule has 1 atom stereocenters. The van der Waals surface area contributed by atoms with Crippen molar-refractivity contribution in [1.82, 2.24) is 10.2 Å². The molecule has 1 N–H and O–H groups in total. The van der Waals surface area contributed by atoms with Crippen LogP contribution in [-0.2, 0) is 16.1 Å². The van der Waals surface area contributed by atoms with Crippen molar-refractivity contribution in [3.8, 4) is 5.75 Å². The predicted molar refractivity (Wildman–Crippen MR) is 127 cm³/mol. The molecule has 1 unspecified atom stereocenters.